The van der Waals surface area contributed by atoms with E-state index in [1.54, 1.807) is 0 Å². The van der Waals surface area contributed by atoms with Crippen LogP contribution in [0, 0.1) is 0 Å². The molecule has 2 rings (SSSR count). The number of amides is 1. The Hall–Kier alpha value is -1.59. The van der Waals surface area contributed by atoms with Crippen molar-refractivity contribution < 1.29 is 14.7 Å². The standard InChI is InChI=1S/C14H17ClN2O3/c15-10-3-4-11(14(19)20)12(9-10)16-13(18)5-8-17-6-1-2-7-17/h3-4,9H,1-2,5-8H2,(H,16,18)(H,19,20). The summed E-state index contributed by atoms with van der Waals surface area (Å²) in [7, 11) is 0. The highest BCUT2D eigenvalue weighted by Gasteiger charge is 2.15. The normalized spacial score (nSPS) is 15.2. The number of nitrogens with one attached hydrogen (secondary N) is 1. The van der Waals surface area contributed by atoms with E-state index < -0.39 is 5.97 Å². The van der Waals surface area contributed by atoms with Crippen LogP contribution in [0.4, 0.5) is 5.69 Å². The second-order valence-corrected chi connectivity index (χ2v) is 5.28. The van der Waals surface area contributed by atoms with E-state index in [1.165, 1.54) is 31.0 Å². The highest BCUT2D eigenvalue weighted by molar-refractivity contribution is 6.31. The zero-order chi connectivity index (χ0) is 14.5. The topological polar surface area (TPSA) is 69.6 Å². The first-order valence-corrected chi connectivity index (χ1v) is 6.99. The van der Waals surface area contributed by atoms with Crippen LogP contribution in [0.25, 0.3) is 0 Å². The Kier molecular flexibility index (Phi) is 4.98. The van der Waals surface area contributed by atoms with Crippen LogP contribution >= 0.6 is 11.6 Å². The smallest absolute Gasteiger partial charge is 0.337 e. The number of carboxylic acid groups (broad SMARTS) is 1. The Morgan fingerprint density at radius 3 is 2.65 bits per heavy atom. The second kappa shape index (κ2) is 6.72. The molecule has 0 aliphatic carbocycles. The van der Waals surface area contributed by atoms with E-state index in [0.717, 1.165) is 13.1 Å². The number of hydrogen-bond donors (Lipinski definition) is 2. The van der Waals surface area contributed by atoms with Gasteiger partial charge < -0.3 is 15.3 Å². The molecule has 6 heteroatoms. The molecule has 1 amide bonds. The number of halogens is 1. The number of rotatable bonds is 5. The van der Waals surface area contributed by atoms with Gasteiger partial charge in [0.05, 0.1) is 11.3 Å². The lowest BCUT2D eigenvalue weighted by atomic mass is 10.1. The van der Waals surface area contributed by atoms with Crippen LogP contribution in [0.5, 0.6) is 0 Å². The summed E-state index contributed by atoms with van der Waals surface area (Å²) in [6.07, 6.45) is 2.71. The van der Waals surface area contributed by atoms with Gasteiger partial charge in [0.25, 0.3) is 0 Å². The monoisotopic (exact) mass is 296 g/mol. The van der Waals surface area contributed by atoms with Crippen LogP contribution in [0.15, 0.2) is 18.2 Å². The Morgan fingerprint density at radius 1 is 1.30 bits per heavy atom. The fourth-order valence-electron chi connectivity index (χ4n) is 2.28. The average Bonchev–Trinajstić information content (AvgIpc) is 2.89. The van der Waals surface area contributed by atoms with E-state index in [1.807, 2.05) is 0 Å². The first kappa shape index (κ1) is 14.8. The minimum atomic E-state index is -1.09. The Labute approximate surface area is 122 Å². The molecule has 0 atom stereocenters. The fraction of sp³-hybridized carbons (Fsp3) is 0.429. The van der Waals surface area contributed by atoms with E-state index in [4.69, 9.17) is 16.7 Å². The summed E-state index contributed by atoms with van der Waals surface area (Å²) in [5.41, 5.74) is 0.292. The second-order valence-electron chi connectivity index (χ2n) is 4.84. The van der Waals surface area contributed by atoms with Crippen molar-refractivity contribution in [3.05, 3.63) is 28.8 Å². The minimum absolute atomic E-state index is 0.0453. The predicted octanol–water partition coefficient (Wildman–Crippen LogP) is 2.46. The van der Waals surface area contributed by atoms with Gasteiger partial charge in [-0.05, 0) is 44.1 Å². The molecule has 20 heavy (non-hydrogen) atoms. The number of carboxylic acids is 1. The molecule has 2 N–H and O–H groups in total. The molecular formula is C14H17ClN2O3. The molecule has 0 spiro atoms. The van der Waals surface area contributed by atoms with Crippen LogP contribution in [0.2, 0.25) is 5.02 Å². The van der Waals surface area contributed by atoms with Crippen molar-refractivity contribution in [1.82, 2.24) is 4.90 Å². The zero-order valence-corrected chi connectivity index (χ0v) is 11.8. The van der Waals surface area contributed by atoms with Gasteiger partial charge in [0.1, 0.15) is 0 Å². The number of nitrogens with zero attached hydrogens (tertiary/aromatic N) is 1. The molecule has 1 fully saturated rings. The summed E-state index contributed by atoms with van der Waals surface area (Å²) in [6.45, 7) is 2.77. The van der Waals surface area contributed by atoms with E-state index >= 15 is 0 Å². The highest BCUT2D eigenvalue weighted by atomic mass is 35.5. The van der Waals surface area contributed by atoms with Crippen molar-refractivity contribution in [2.24, 2.45) is 0 Å². The summed E-state index contributed by atoms with van der Waals surface area (Å²) in [4.78, 5) is 25.2. The summed E-state index contributed by atoms with van der Waals surface area (Å²) in [5.74, 6) is -1.28. The summed E-state index contributed by atoms with van der Waals surface area (Å²) in [5, 5.41) is 12.1. The minimum Gasteiger partial charge on any atom is -0.478 e. The van der Waals surface area contributed by atoms with Crippen molar-refractivity contribution in [1.29, 1.82) is 0 Å². The molecule has 1 heterocycles. The van der Waals surface area contributed by atoms with Crippen LogP contribution in [-0.2, 0) is 4.79 Å². The third kappa shape index (κ3) is 3.95. The van der Waals surface area contributed by atoms with Crippen molar-refractivity contribution in [2.45, 2.75) is 19.3 Å². The average molecular weight is 297 g/mol. The van der Waals surface area contributed by atoms with E-state index in [2.05, 4.69) is 10.2 Å². The number of likely N-dealkylation sites (tertiary alicyclic amines) is 1. The van der Waals surface area contributed by atoms with Crippen LogP contribution < -0.4 is 5.32 Å². The zero-order valence-electron chi connectivity index (χ0n) is 11.1. The lowest BCUT2D eigenvalue weighted by Gasteiger charge is -2.14. The van der Waals surface area contributed by atoms with Crippen molar-refractivity contribution >= 4 is 29.2 Å². The Balaban J connectivity index is 1.96. The summed E-state index contributed by atoms with van der Waals surface area (Å²) in [6, 6.07) is 4.34. The maximum absolute atomic E-state index is 11.9. The van der Waals surface area contributed by atoms with Crippen LogP contribution in [0.3, 0.4) is 0 Å². The molecule has 1 aliphatic rings. The van der Waals surface area contributed by atoms with Gasteiger partial charge in [-0.25, -0.2) is 4.79 Å². The van der Waals surface area contributed by atoms with Crippen LogP contribution in [-0.4, -0.2) is 41.5 Å². The third-order valence-electron chi connectivity index (χ3n) is 3.34. The predicted molar refractivity (Wildman–Crippen MR) is 77.3 cm³/mol. The van der Waals surface area contributed by atoms with Crippen molar-refractivity contribution in [3.8, 4) is 0 Å². The Morgan fingerprint density at radius 2 is 2.00 bits per heavy atom. The van der Waals surface area contributed by atoms with Gasteiger partial charge in [0, 0.05) is 18.0 Å². The lowest BCUT2D eigenvalue weighted by molar-refractivity contribution is -0.116. The number of carbonyl (C=O) groups excluding carboxylic acids is 1. The van der Waals surface area contributed by atoms with Crippen molar-refractivity contribution in [3.63, 3.8) is 0 Å². The molecule has 1 saturated heterocycles. The first-order chi connectivity index (χ1) is 9.56. The number of hydrogen-bond acceptors (Lipinski definition) is 3. The molecule has 0 unspecified atom stereocenters. The van der Waals surface area contributed by atoms with Gasteiger partial charge in [0.2, 0.25) is 5.91 Å². The lowest BCUT2D eigenvalue weighted by Crippen LogP contribution is -2.25. The quantitative estimate of drug-likeness (QED) is 0.876. The number of benzene rings is 1. The van der Waals surface area contributed by atoms with E-state index in [-0.39, 0.29) is 17.2 Å². The molecule has 108 valence electrons. The SMILES string of the molecule is O=C(CCN1CCCC1)Nc1cc(Cl)ccc1C(=O)O. The first-order valence-electron chi connectivity index (χ1n) is 6.61. The molecule has 0 aromatic heterocycles. The summed E-state index contributed by atoms with van der Waals surface area (Å²) >= 11 is 5.83. The number of carbonyl (C=O) groups is 2. The highest BCUT2D eigenvalue weighted by Crippen LogP contribution is 2.21. The van der Waals surface area contributed by atoms with Gasteiger partial charge in [-0.1, -0.05) is 11.6 Å². The molecule has 0 bridgehead atoms. The van der Waals surface area contributed by atoms with Gasteiger partial charge in [0.15, 0.2) is 0 Å². The molecule has 0 radical (unpaired) electrons. The van der Waals surface area contributed by atoms with Gasteiger partial charge in [-0.15, -0.1) is 0 Å². The number of anilines is 1. The van der Waals surface area contributed by atoms with Gasteiger partial charge in [-0.3, -0.25) is 4.79 Å². The van der Waals surface area contributed by atoms with E-state index in [9.17, 15) is 9.59 Å². The maximum atomic E-state index is 11.9. The molecule has 0 saturated carbocycles. The number of aromatic carboxylic acids is 1. The largest absolute Gasteiger partial charge is 0.478 e. The summed E-state index contributed by atoms with van der Waals surface area (Å²) < 4.78 is 0. The van der Waals surface area contributed by atoms with E-state index in [0.29, 0.717) is 18.0 Å². The molecule has 1 aromatic carbocycles. The Bertz CT molecular complexity index is 513. The van der Waals surface area contributed by atoms with Crippen molar-refractivity contribution in [2.75, 3.05) is 25.0 Å². The molecule has 1 aliphatic heterocycles. The van der Waals surface area contributed by atoms with Gasteiger partial charge >= 0.3 is 5.97 Å². The fourth-order valence-corrected chi connectivity index (χ4v) is 2.46. The maximum Gasteiger partial charge on any atom is 0.337 e. The molecular weight excluding hydrogens is 280 g/mol. The van der Waals surface area contributed by atoms with Crippen LogP contribution in [0.1, 0.15) is 29.6 Å². The van der Waals surface area contributed by atoms with Gasteiger partial charge in [-0.2, -0.15) is 0 Å². The molecule has 5 nitrogen and oxygen atoms in total. The molecule has 1 aromatic rings. The third-order valence-corrected chi connectivity index (χ3v) is 3.57.